The number of thiocarbonyl (C=S) groups is 1. The number of rotatable bonds is 3. The Morgan fingerprint density at radius 3 is 2.85 bits per heavy atom. The Bertz CT molecular complexity index is 895. The van der Waals surface area contributed by atoms with E-state index in [9.17, 15) is 9.59 Å². The zero-order chi connectivity index (χ0) is 18.8. The number of hydrogen-bond donors (Lipinski definition) is 3. The molecule has 1 aromatic heterocycles. The zero-order valence-electron chi connectivity index (χ0n) is 14.1. The summed E-state index contributed by atoms with van der Waals surface area (Å²) in [6.45, 7) is 2.19. The van der Waals surface area contributed by atoms with Crippen LogP contribution in [0.3, 0.4) is 0 Å². The number of thiophene rings is 1. The van der Waals surface area contributed by atoms with Gasteiger partial charge in [0.25, 0.3) is 11.8 Å². The smallest absolute Gasteiger partial charge is 0.257 e. The summed E-state index contributed by atoms with van der Waals surface area (Å²) in [6.07, 6.45) is 2.78. The Kier molecular flexibility index (Phi) is 5.60. The van der Waals surface area contributed by atoms with E-state index in [0.717, 1.165) is 29.7 Å². The van der Waals surface area contributed by atoms with Crippen LogP contribution in [0.25, 0.3) is 0 Å². The van der Waals surface area contributed by atoms with Crippen LogP contribution < -0.4 is 16.4 Å². The molecule has 1 aliphatic carbocycles. The van der Waals surface area contributed by atoms with Crippen molar-refractivity contribution in [3.63, 3.8) is 0 Å². The fraction of sp³-hybridized carbons (Fsp3) is 0.278. The lowest BCUT2D eigenvalue weighted by molar-refractivity contribution is 0.0975. The van der Waals surface area contributed by atoms with E-state index in [-0.39, 0.29) is 11.0 Å². The summed E-state index contributed by atoms with van der Waals surface area (Å²) in [4.78, 5) is 25.4. The lowest BCUT2D eigenvalue weighted by Crippen LogP contribution is -2.34. The highest BCUT2D eigenvalue weighted by Crippen LogP contribution is 2.39. The molecule has 1 aromatic carbocycles. The van der Waals surface area contributed by atoms with Gasteiger partial charge in [-0.15, -0.1) is 11.3 Å². The van der Waals surface area contributed by atoms with Gasteiger partial charge in [0, 0.05) is 15.5 Å². The number of carbonyl (C=O) groups is 2. The molecule has 3 rings (SSSR count). The number of hydrogen-bond acceptors (Lipinski definition) is 4. The van der Waals surface area contributed by atoms with E-state index in [1.165, 1.54) is 11.3 Å². The van der Waals surface area contributed by atoms with Crippen LogP contribution >= 0.6 is 35.2 Å². The number of anilines is 1. The molecule has 136 valence electrons. The summed E-state index contributed by atoms with van der Waals surface area (Å²) in [5, 5.41) is 6.74. The van der Waals surface area contributed by atoms with Gasteiger partial charge in [-0.1, -0.05) is 24.6 Å². The molecule has 1 heterocycles. The van der Waals surface area contributed by atoms with Gasteiger partial charge in [0.05, 0.1) is 5.56 Å². The second-order valence-electron chi connectivity index (χ2n) is 6.34. The number of nitrogens with one attached hydrogen (secondary N) is 2. The number of primary amides is 1. The maximum atomic E-state index is 12.3. The molecule has 5 nitrogen and oxygen atoms in total. The van der Waals surface area contributed by atoms with Crippen LogP contribution in [-0.4, -0.2) is 16.9 Å². The SMILES string of the molecule is CC1CCc2c(sc(NC(=S)NC(=O)c3cccc(Cl)c3)c2C(N)=O)C1. The van der Waals surface area contributed by atoms with Crippen molar-refractivity contribution in [1.82, 2.24) is 5.32 Å². The number of nitrogens with two attached hydrogens (primary N) is 1. The first-order valence-electron chi connectivity index (χ1n) is 8.17. The minimum atomic E-state index is -0.483. The lowest BCUT2D eigenvalue weighted by Gasteiger charge is -2.18. The molecule has 0 radical (unpaired) electrons. The zero-order valence-corrected chi connectivity index (χ0v) is 16.5. The molecule has 1 aliphatic rings. The van der Waals surface area contributed by atoms with E-state index in [0.29, 0.717) is 27.1 Å². The van der Waals surface area contributed by atoms with Gasteiger partial charge in [-0.05, 0) is 61.2 Å². The molecule has 1 unspecified atom stereocenters. The van der Waals surface area contributed by atoms with E-state index >= 15 is 0 Å². The first-order chi connectivity index (χ1) is 12.3. The van der Waals surface area contributed by atoms with Crippen molar-refractivity contribution in [3.05, 3.63) is 50.9 Å². The van der Waals surface area contributed by atoms with Crippen LogP contribution in [0.4, 0.5) is 5.00 Å². The Labute approximate surface area is 165 Å². The van der Waals surface area contributed by atoms with Gasteiger partial charge in [-0.25, -0.2) is 0 Å². The molecular formula is C18H18ClN3O2S2. The van der Waals surface area contributed by atoms with Crippen LogP contribution in [0.1, 0.15) is 44.5 Å². The maximum Gasteiger partial charge on any atom is 0.257 e. The topological polar surface area (TPSA) is 84.2 Å². The van der Waals surface area contributed by atoms with E-state index in [1.54, 1.807) is 24.3 Å². The molecule has 0 saturated carbocycles. The van der Waals surface area contributed by atoms with Gasteiger partial charge in [0.2, 0.25) is 0 Å². The minimum Gasteiger partial charge on any atom is -0.365 e. The molecule has 8 heteroatoms. The Morgan fingerprint density at radius 2 is 2.15 bits per heavy atom. The van der Waals surface area contributed by atoms with Gasteiger partial charge >= 0.3 is 0 Å². The van der Waals surface area contributed by atoms with Crippen molar-refractivity contribution in [2.24, 2.45) is 11.7 Å². The molecular weight excluding hydrogens is 390 g/mol. The molecule has 4 N–H and O–H groups in total. The standard InChI is InChI=1S/C18H18ClN3O2S2/c1-9-5-6-12-13(7-9)26-17(14(12)15(20)23)22-18(25)21-16(24)10-3-2-4-11(19)8-10/h2-4,8-9H,5-7H2,1H3,(H2,20,23)(H2,21,22,24,25). The number of benzene rings is 1. The lowest BCUT2D eigenvalue weighted by atomic mass is 9.88. The van der Waals surface area contributed by atoms with E-state index in [1.807, 2.05) is 0 Å². The molecule has 1 atom stereocenters. The highest BCUT2D eigenvalue weighted by Gasteiger charge is 2.27. The molecule has 0 bridgehead atoms. The molecule has 0 spiro atoms. The summed E-state index contributed by atoms with van der Waals surface area (Å²) in [6, 6.07) is 6.57. The van der Waals surface area contributed by atoms with Crippen molar-refractivity contribution >= 4 is 57.1 Å². The van der Waals surface area contributed by atoms with Crippen molar-refractivity contribution < 1.29 is 9.59 Å². The quantitative estimate of drug-likeness (QED) is 0.676. The third kappa shape index (κ3) is 4.06. The number of amides is 2. The highest BCUT2D eigenvalue weighted by atomic mass is 35.5. The minimum absolute atomic E-state index is 0.115. The first-order valence-corrected chi connectivity index (χ1v) is 9.77. The fourth-order valence-corrected chi connectivity index (χ4v) is 4.91. The average molecular weight is 408 g/mol. The van der Waals surface area contributed by atoms with E-state index < -0.39 is 5.91 Å². The number of halogens is 1. The third-order valence-corrected chi connectivity index (χ3v) is 5.91. The summed E-state index contributed by atoms with van der Waals surface area (Å²) >= 11 is 12.6. The molecule has 0 fully saturated rings. The van der Waals surface area contributed by atoms with Gasteiger partial charge in [-0.3, -0.25) is 14.9 Å². The molecule has 0 aliphatic heterocycles. The van der Waals surface area contributed by atoms with Crippen LogP contribution in [0, 0.1) is 5.92 Å². The molecule has 2 amide bonds. The van der Waals surface area contributed by atoms with Crippen molar-refractivity contribution in [2.75, 3.05) is 5.32 Å². The van der Waals surface area contributed by atoms with Gasteiger partial charge < -0.3 is 11.1 Å². The van der Waals surface area contributed by atoms with E-state index in [2.05, 4.69) is 17.6 Å². The number of carbonyl (C=O) groups excluding carboxylic acids is 2. The Hall–Kier alpha value is -1.96. The Morgan fingerprint density at radius 1 is 1.38 bits per heavy atom. The number of fused-ring (bicyclic) bond motifs is 1. The van der Waals surface area contributed by atoms with Crippen molar-refractivity contribution in [1.29, 1.82) is 0 Å². The second-order valence-corrected chi connectivity index (χ2v) is 8.29. The summed E-state index contributed by atoms with van der Waals surface area (Å²) in [7, 11) is 0. The fourth-order valence-electron chi connectivity index (χ4n) is 3.04. The van der Waals surface area contributed by atoms with Gasteiger partial charge in [0.15, 0.2) is 5.11 Å². The molecule has 0 saturated heterocycles. The first kappa shape index (κ1) is 18.8. The second kappa shape index (κ2) is 7.73. The normalized spacial score (nSPS) is 15.8. The predicted molar refractivity (Wildman–Crippen MR) is 109 cm³/mol. The largest absolute Gasteiger partial charge is 0.365 e. The summed E-state index contributed by atoms with van der Waals surface area (Å²) < 4.78 is 0. The summed E-state index contributed by atoms with van der Waals surface area (Å²) in [5.74, 6) is -0.284. The van der Waals surface area contributed by atoms with Crippen molar-refractivity contribution in [3.8, 4) is 0 Å². The third-order valence-electron chi connectivity index (χ3n) is 4.30. The molecule has 26 heavy (non-hydrogen) atoms. The molecule has 2 aromatic rings. The van der Waals surface area contributed by atoms with Crippen LogP contribution in [-0.2, 0) is 12.8 Å². The van der Waals surface area contributed by atoms with E-state index in [4.69, 9.17) is 29.6 Å². The Balaban J connectivity index is 1.77. The van der Waals surface area contributed by atoms with Crippen LogP contribution in [0.5, 0.6) is 0 Å². The summed E-state index contributed by atoms with van der Waals surface area (Å²) in [5.41, 5.74) is 7.47. The monoisotopic (exact) mass is 407 g/mol. The maximum absolute atomic E-state index is 12.3. The van der Waals surface area contributed by atoms with Gasteiger partial charge in [0.1, 0.15) is 5.00 Å². The van der Waals surface area contributed by atoms with Crippen molar-refractivity contribution in [2.45, 2.75) is 26.2 Å². The van der Waals surface area contributed by atoms with Crippen LogP contribution in [0.2, 0.25) is 5.02 Å². The average Bonchev–Trinajstić information content (AvgIpc) is 2.91. The highest BCUT2D eigenvalue weighted by molar-refractivity contribution is 7.80. The van der Waals surface area contributed by atoms with Crippen LogP contribution in [0.15, 0.2) is 24.3 Å². The van der Waals surface area contributed by atoms with Gasteiger partial charge in [-0.2, -0.15) is 0 Å². The predicted octanol–water partition coefficient (Wildman–Crippen LogP) is 3.75.